The Morgan fingerprint density at radius 2 is 2.33 bits per heavy atom. The van der Waals surface area contributed by atoms with Gasteiger partial charge in [-0.2, -0.15) is 0 Å². The van der Waals surface area contributed by atoms with E-state index in [0.717, 1.165) is 17.5 Å². The first-order chi connectivity index (χ1) is 13.1. The van der Waals surface area contributed by atoms with Crippen LogP contribution in [0, 0.1) is 0 Å². The molecule has 8 nitrogen and oxygen atoms in total. The van der Waals surface area contributed by atoms with E-state index in [1.54, 1.807) is 42.6 Å². The number of amides is 1. The summed E-state index contributed by atoms with van der Waals surface area (Å²) in [6, 6.07) is 5.46. The van der Waals surface area contributed by atoms with Crippen LogP contribution in [0.25, 0.3) is 11.1 Å². The van der Waals surface area contributed by atoms with Gasteiger partial charge in [-0.3, -0.25) is 9.59 Å². The normalized spacial score (nSPS) is 16.7. The van der Waals surface area contributed by atoms with E-state index in [1.165, 1.54) is 6.08 Å². The maximum Gasteiger partial charge on any atom is 0.271 e. The highest BCUT2D eigenvalue weighted by Crippen LogP contribution is 2.23. The van der Waals surface area contributed by atoms with Crippen molar-refractivity contribution in [2.75, 3.05) is 32.1 Å². The largest absolute Gasteiger partial charge is 0.481 e. The molecule has 0 bridgehead atoms. The highest BCUT2D eigenvalue weighted by Gasteiger charge is 2.25. The number of carbonyl (C=O) groups is 1. The molecule has 0 saturated carbocycles. The highest BCUT2D eigenvalue weighted by atomic mass is 16.5. The average Bonchev–Trinajstić information content (AvgIpc) is 3.16. The van der Waals surface area contributed by atoms with Crippen molar-refractivity contribution < 1.29 is 9.53 Å². The summed E-state index contributed by atoms with van der Waals surface area (Å²) in [7, 11) is 1.56. The van der Waals surface area contributed by atoms with Crippen LogP contribution in [0.1, 0.15) is 6.42 Å². The number of aromatic amines is 1. The van der Waals surface area contributed by atoms with Gasteiger partial charge in [-0.1, -0.05) is 6.08 Å². The second kappa shape index (κ2) is 8.50. The number of hydrogen-bond donors (Lipinski definition) is 3. The molecule has 0 unspecified atom stereocenters. The fourth-order valence-corrected chi connectivity index (χ4v) is 3.03. The van der Waals surface area contributed by atoms with Crippen LogP contribution in [0.15, 0.2) is 47.5 Å². The Balaban J connectivity index is 1.73. The summed E-state index contributed by atoms with van der Waals surface area (Å²) in [6.07, 6.45) is 7.22. The lowest BCUT2D eigenvalue weighted by molar-refractivity contribution is -0.125. The molecule has 0 aromatic carbocycles. The molecular formula is C19H23N5O3. The van der Waals surface area contributed by atoms with E-state index in [2.05, 4.69) is 15.3 Å². The summed E-state index contributed by atoms with van der Waals surface area (Å²) in [5.41, 5.74) is 7.38. The van der Waals surface area contributed by atoms with Crippen LogP contribution in [0.2, 0.25) is 0 Å². The minimum Gasteiger partial charge on any atom is -0.481 e. The van der Waals surface area contributed by atoms with Crippen LogP contribution < -0.4 is 21.3 Å². The van der Waals surface area contributed by atoms with Gasteiger partial charge < -0.3 is 25.7 Å². The van der Waals surface area contributed by atoms with Crippen molar-refractivity contribution in [1.82, 2.24) is 14.9 Å². The molecule has 1 atom stereocenters. The van der Waals surface area contributed by atoms with Gasteiger partial charge in [0.15, 0.2) is 0 Å². The summed E-state index contributed by atoms with van der Waals surface area (Å²) in [6.45, 7) is 1.52. The molecule has 3 rings (SSSR count). The number of methoxy groups -OCH3 is 1. The van der Waals surface area contributed by atoms with Crippen molar-refractivity contribution >= 4 is 11.6 Å². The number of rotatable bonds is 6. The third-order valence-electron chi connectivity index (χ3n) is 4.44. The van der Waals surface area contributed by atoms with Gasteiger partial charge in [-0.25, -0.2) is 4.98 Å². The van der Waals surface area contributed by atoms with E-state index >= 15 is 0 Å². The van der Waals surface area contributed by atoms with E-state index in [9.17, 15) is 9.59 Å². The van der Waals surface area contributed by atoms with Gasteiger partial charge in [0.1, 0.15) is 5.69 Å². The first-order valence-corrected chi connectivity index (χ1v) is 8.76. The maximum absolute atomic E-state index is 12.2. The number of H-pyrrole nitrogens is 1. The van der Waals surface area contributed by atoms with Crippen LogP contribution in [0.3, 0.4) is 0 Å². The zero-order valence-corrected chi connectivity index (χ0v) is 15.1. The van der Waals surface area contributed by atoms with E-state index in [-0.39, 0.29) is 17.5 Å². The Bertz CT molecular complexity index is 893. The molecule has 4 N–H and O–H groups in total. The number of nitrogens with zero attached hydrogens (tertiary/aromatic N) is 2. The average molecular weight is 369 g/mol. The van der Waals surface area contributed by atoms with Crippen LogP contribution in [0.4, 0.5) is 5.69 Å². The Morgan fingerprint density at radius 3 is 3.11 bits per heavy atom. The van der Waals surface area contributed by atoms with Crippen molar-refractivity contribution in [1.29, 1.82) is 0 Å². The van der Waals surface area contributed by atoms with Crippen molar-refractivity contribution in [3.8, 4) is 17.0 Å². The van der Waals surface area contributed by atoms with Gasteiger partial charge in [0.2, 0.25) is 11.8 Å². The second-order valence-corrected chi connectivity index (χ2v) is 6.27. The molecule has 1 aliphatic heterocycles. The molecular weight excluding hydrogens is 346 g/mol. The van der Waals surface area contributed by atoms with Crippen molar-refractivity contribution in [2.24, 2.45) is 5.73 Å². The number of anilines is 1. The Hall–Kier alpha value is -3.13. The smallest absolute Gasteiger partial charge is 0.271 e. The molecule has 1 amide bonds. The van der Waals surface area contributed by atoms with Gasteiger partial charge >= 0.3 is 0 Å². The molecule has 142 valence electrons. The van der Waals surface area contributed by atoms with E-state index in [1.807, 2.05) is 6.07 Å². The lowest BCUT2D eigenvalue weighted by Crippen LogP contribution is -2.31. The van der Waals surface area contributed by atoms with Gasteiger partial charge in [0, 0.05) is 55.8 Å². The highest BCUT2D eigenvalue weighted by molar-refractivity contribution is 5.87. The third-order valence-corrected chi connectivity index (χ3v) is 4.44. The zero-order chi connectivity index (χ0) is 19.2. The van der Waals surface area contributed by atoms with Crippen molar-refractivity contribution in [2.45, 2.75) is 12.5 Å². The molecule has 27 heavy (non-hydrogen) atoms. The van der Waals surface area contributed by atoms with Crippen molar-refractivity contribution in [3.63, 3.8) is 0 Å². The van der Waals surface area contributed by atoms with Crippen molar-refractivity contribution in [3.05, 3.63) is 53.1 Å². The standard InChI is InChI=1S/C19H23N5O3/c1-27-17-10-13(4-7-21-17)14-9-16(19(26)22-11-14)23-15-5-8-24(12-15)18(25)3-2-6-20/h2-4,7,9-11,15,23H,5-6,8,12,20H2,1H3,(H,22,26)/t15-/m0/s1. The molecule has 1 aliphatic rings. The second-order valence-electron chi connectivity index (χ2n) is 6.27. The molecule has 8 heteroatoms. The first-order valence-electron chi connectivity index (χ1n) is 8.76. The SMILES string of the molecule is COc1cc(-c2c[nH]c(=O)c(N[C@H]3CCN(C(=O)C=CCN)C3)c2)ccn1. The third kappa shape index (κ3) is 4.53. The lowest BCUT2D eigenvalue weighted by Gasteiger charge is -2.16. The molecule has 1 saturated heterocycles. The van der Waals surface area contributed by atoms with E-state index in [0.29, 0.717) is 31.2 Å². The van der Waals surface area contributed by atoms with Crippen LogP contribution >= 0.6 is 0 Å². The number of nitrogens with one attached hydrogen (secondary N) is 2. The number of carbonyl (C=O) groups excluding carboxylic acids is 1. The lowest BCUT2D eigenvalue weighted by atomic mass is 10.1. The monoisotopic (exact) mass is 369 g/mol. The number of likely N-dealkylation sites (tertiary alicyclic amines) is 1. The number of pyridine rings is 2. The Labute approximate surface area is 157 Å². The topological polar surface area (TPSA) is 113 Å². The van der Waals surface area contributed by atoms with Gasteiger partial charge in [-0.05, 0) is 24.1 Å². The summed E-state index contributed by atoms with van der Waals surface area (Å²) in [5, 5.41) is 3.26. The number of ether oxygens (including phenoxy) is 1. The number of nitrogens with two attached hydrogens (primary N) is 1. The number of hydrogen-bond acceptors (Lipinski definition) is 6. The molecule has 3 heterocycles. The fourth-order valence-electron chi connectivity index (χ4n) is 3.03. The quantitative estimate of drug-likeness (QED) is 0.654. The van der Waals surface area contributed by atoms with Gasteiger partial charge in [0.25, 0.3) is 5.56 Å². The van der Waals surface area contributed by atoms with Gasteiger partial charge in [0.05, 0.1) is 7.11 Å². The fraction of sp³-hybridized carbons (Fsp3) is 0.316. The summed E-state index contributed by atoms with van der Waals surface area (Å²) in [4.78, 5) is 32.8. The molecule has 2 aromatic rings. The predicted molar refractivity (Wildman–Crippen MR) is 104 cm³/mol. The zero-order valence-electron chi connectivity index (χ0n) is 15.1. The van der Waals surface area contributed by atoms with Crippen LogP contribution in [-0.4, -0.2) is 53.6 Å². The predicted octanol–water partition coefficient (Wildman–Crippen LogP) is 0.973. The summed E-state index contributed by atoms with van der Waals surface area (Å²) < 4.78 is 5.15. The summed E-state index contributed by atoms with van der Waals surface area (Å²) >= 11 is 0. The first kappa shape index (κ1) is 18.7. The molecule has 2 aromatic heterocycles. The minimum atomic E-state index is -0.201. The van der Waals surface area contributed by atoms with E-state index in [4.69, 9.17) is 10.5 Å². The number of aromatic nitrogens is 2. The maximum atomic E-state index is 12.2. The van der Waals surface area contributed by atoms with E-state index < -0.39 is 0 Å². The van der Waals surface area contributed by atoms with Crippen LogP contribution in [-0.2, 0) is 4.79 Å². The Morgan fingerprint density at radius 1 is 1.48 bits per heavy atom. The molecule has 0 spiro atoms. The molecule has 0 aliphatic carbocycles. The minimum absolute atomic E-state index is 0.0172. The molecule has 0 radical (unpaired) electrons. The summed E-state index contributed by atoms with van der Waals surface area (Å²) in [5.74, 6) is 0.444. The Kier molecular flexibility index (Phi) is 5.87. The van der Waals surface area contributed by atoms with Crippen LogP contribution in [0.5, 0.6) is 5.88 Å². The molecule has 1 fully saturated rings. The van der Waals surface area contributed by atoms with Gasteiger partial charge in [-0.15, -0.1) is 0 Å².